The molecule has 1 aromatic rings. The highest BCUT2D eigenvalue weighted by Crippen LogP contribution is 2.33. The molecule has 1 aromatic carbocycles. The van der Waals surface area contributed by atoms with Crippen molar-refractivity contribution < 1.29 is 14.6 Å². The van der Waals surface area contributed by atoms with Crippen LogP contribution in [0.1, 0.15) is 24.3 Å². The van der Waals surface area contributed by atoms with Crippen molar-refractivity contribution >= 4 is 8.07 Å². The minimum atomic E-state index is -1.04. The molecule has 0 aromatic heterocycles. The van der Waals surface area contributed by atoms with Gasteiger partial charge in [0.05, 0.1) is 6.10 Å². The van der Waals surface area contributed by atoms with Crippen LogP contribution in [0.15, 0.2) is 36.4 Å². The quantitative estimate of drug-likeness (QED) is 0.355. The Kier molecular flexibility index (Phi) is 6.23. The van der Waals surface area contributed by atoms with Gasteiger partial charge in [-0.1, -0.05) is 50.0 Å². The molecule has 0 fully saturated rings. The molecule has 2 atom stereocenters. The fourth-order valence-corrected chi connectivity index (χ4v) is 3.28. The highest BCUT2D eigenvalue weighted by atomic mass is 28.3. The van der Waals surface area contributed by atoms with Crippen LogP contribution in [0.4, 0.5) is 0 Å². The molecule has 1 aliphatic carbocycles. The number of rotatable bonds is 7. The van der Waals surface area contributed by atoms with E-state index in [-0.39, 0.29) is 6.10 Å². The zero-order chi connectivity index (χ0) is 16.0. The molecule has 22 heavy (non-hydrogen) atoms. The Morgan fingerprint density at radius 1 is 1.14 bits per heavy atom. The van der Waals surface area contributed by atoms with E-state index in [1.807, 2.05) is 24.3 Å². The first-order chi connectivity index (χ1) is 10.5. The minimum absolute atomic E-state index is 0.297. The molecule has 1 aliphatic rings. The van der Waals surface area contributed by atoms with Crippen molar-refractivity contribution in [2.75, 3.05) is 13.4 Å². The first-order valence-electron chi connectivity index (χ1n) is 8.11. The molecule has 1 N–H and O–H groups in total. The van der Waals surface area contributed by atoms with Crippen molar-refractivity contribution in [3.05, 3.63) is 42.0 Å². The third-order valence-electron chi connectivity index (χ3n) is 3.95. The standard InChI is InChI=1S/C18H28O3Si/c1-22(2,3)13-12-20-14-21-18-7-5-4-6-17(18)15-8-10-16(19)11-9-15/h4-8,10,15-16,19H,9,11-14H2,1-3H3. The van der Waals surface area contributed by atoms with E-state index in [9.17, 15) is 5.11 Å². The molecule has 0 spiro atoms. The first-order valence-corrected chi connectivity index (χ1v) is 11.8. The molecule has 0 radical (unpaired) electrons. The van der Waals surface area contributed by atoms with Crippen molar-refractivity contribution in [2.24, 2.45) is 0 Å². The molecule has 0 amide bonds. The minimum Gasteiger partial charge on any atom is -0.467 e. The highest BCUT2D eigenvalue weighted by molar-refractivity contribution is 6.76. The Morgan fingerprint density at radius 2 is 1.91 bits per heavy atom. The fourth-order valence-electron chi connectivity index (χ4n) is 2.53. The van der Waals surface area contributed by atoms with Gasteiger partial charge >= 0.3 is 0 Å². The predicted molar refractivity (Wildman–Crippen MR) is 93.2 cm³/mol. The van der Waals surface area contributed by atoms with Gasteiger partial charge < -0.3 is 14.6 Å². The Balaban J connectivity index is 1.88. The molecular formula is C18H28O3Si. The molecule has 2 unspecified atom stereocenters. The van der Waals surface area contributed by atoms with E-state index in [4.69, 9.17) is 9.47 Å². The number of para-hydroxylation sites is 1. The molecule has 0 heterocycles. The smallest absolute Gasteiger partial charge is 0.189 e. The number of aliphatic hydroxyl groups is 1. The maximum atomic E-state index is 9.57. The highest BCUT2D eigenvalue weighted by Gasteiger charge is 2.18. The average molecular weight is 321 g/mol. The van der Waals surface area contributed by atoms with Crippen molar-refractivity contribution in [2.45, 2.75) is 50.5 Å². The van der Waals surface area contributed by atoms with Gasteiger partial charge in [-0.2, -0.15) is 0 Å². The molecule has 4 heteroatoms. The lowest BCUT2D eigenvalue weighted by molar-refractivity contribution is 0.0213. The van der Waals surface area contributed by atoms with Gasteiger partial charge in [0.25, 0.3) is 0 Å². The molecule has 2 rings (SSSR count). The van der Waals surface area contributed by atoms with Gasteiger partial charge in [-0.05, 0) is 25.0 Å². The van der Waals surface area contributed by atoms with Crippen molar-refractivity contribution in [3.8, 4) is 5.75 Å². The van der Waals surface area contributed by atoms with E-state index in [2.05, 4.69) is 31.8 Å². The van der Waals surface area contributed by atoms with E-state index in [0.29, 0.717) is 12.7 Å². The Bertz CT molecular complexity index is 493. The maximum absolute atomic E-state index is 9.57. The molecule has 0 aliphatic heterocycles. The van der Waals surface area contributed by atoms with Gasteiger partial charge in [0.1, 0.15) is 5.75 Å². The number of hydrogen-bond acceptors (Lipinski definition) is 3. The predicted octanol–water partition coefficient (Wildman–Crippen LogP) is 4.17. The number of ether oxygens (including phenoxy) is 2. The zero-order valence-corrected chi connectivity index (χ0v) is 14.9. The summed E-state index contributed by atoms with van der Waals surface area (Å²) in [4.78, 5) is 0. The number of allylic oxidation sites excluding steroid dienone is 1. The van der Waals surface area contributed by atoms with Gasteiger partial charge in [0, 0.05) is 26.2 Å². The molecular weight excluding hydrogens is 292 g/mol. The molecule has 0 saturated heterocycles. The van der Waals surface area contributed by atoms with Crippen molar-refractivity contribution in [3.63, 3.8) is 0 Å². The maximum Gasteiger partial charge on any atom is 0.189 e. The zero-order valence-electron chi connectivity index (χ0n) is 13.9. The van der Waals surface area contributed by atoms with E-state index in [0.717, 1.165) is 31.2 Å². The van der Waals surface area contributed by atoms with Crippen LogP contribution in [0, 0.1) is 0 Å². The summed E-state index contributed by atoms with van der Waals surface area (Å²) in [6, 6.07) is 9.27. The van der Waals surface area contributed by atoms with Crippen LogP contribution in [0.5, 0.6) is 5.75 Å². The summed E-state index contributed by atoms with van der Waals surface area (Å²) in [5, 5.41) is 9.57. The van der Waals surface area contributed by atoms with Crippen LogP contribution in [0.25, 0.3) is 0 Å². The van der Waals surface area contributed by atoms with E-state index >= 15 is 0 Å². The number of benzene rings is 1. The Labute approximate surface area is 135 Å². The molecule has 0 bridgehead atoms. The summed E-state index contributed by atoms with van der Waals surface area (Å²) in [5.41, 5.74) is 1.18. The molecule has 122 valence electrons. The Hall–Kier alpha value is -1.10. The van der Waals surface area contributed by atoms with E-state index in [1.165, 1.54) is 5.56 Å². The Morgan fingerprint density at radius 3 is 2.59 bits per heavy atom. The fraction of sp³-hybridized carbons (Fsp3) is 0.556. The van der Waals surface area contributed by atoms with E-state index in [1.54, 1.807) is 0 Å². The number of hydrogen-bond donors (Lipinski definition) is 1. The average Bonchev–Trinajstić information content (AvgIpc) is 2.47. The second-order valence-corrected chi connectivity index (χ2v) is 12.8. The van der Waals surface area contributed by atoms with Gasteiger partial charge in [-0.25, -0.2) is 0 Å². The summed E-state index contributed by atoms with van der Waals surface area (Å²) >= 11 is 0. The lowest BCUT2D eigenvalue weighted by Crippen LogP contribution is -2.22. The third-order valence-corrected chi connectivity index (χ3v) is 5.66. The van der Waals surface area contributed by atoms with Crippen LogP contribution in [-0.4, -0.2) is 32.7 Å². The van der Waals surface area contributed by atoms with Gasteiger partial charge in [0.15, 0.2) is 6.79 Å². The lowest BCUT2D eigenvalue weighted by atomic mass is 9.88. The first kappa shape index (κ1) is 17.3. The van der Waals surface area contributed by atoms with Crippen molar-refractivity contribution in [1.82, 2.24) is 0 Å². The summed E-state index contributed by atoms with van der Waals surface area (Å²) in [6.07, 6.45) is 5.43. The second kappa shape index (κ2) is 7.95. The summed E-state index contributed by atoms with van der Waals surface area (Å²) in [7, 11) is -1.04. The number of aliphatic hydroxyl groups excluding tert-OH is 1. The van der Waals surface area contributed by atoms with Crippen LogP contribution < -0.4 is 4.74 Å². The normalized spacial score (nSPS) is 21.8. The molecule has 3 nitrogen and oxygen atoms in total. The topological polar surface area (TPSA) is 38.7 Å². The third kappa shape index (κ3) is 5.59. The van der Waals surface area contributed by atoms with Gasteiger partial charge in [-0.3, -0.25) is 0 Å². The summed E-state index contributed by atoms with van der Waals surface area (Å²) in [5.74, 6) is 1.21. The lowest BCUT2D eigenvalue weighted by Gasteiger charge is -2.22. The van der Waals surface area contributed by atoms with Crippen LogP contribution in [0.3, 0.4) is 0 Å². The summed E-state index contributed by atoms with van der Waals surface area (Å²) in [6.45, 7) is 8.11. The van der Waals surface area contributed by atoms with Crippen LogP contribution in [-0.2, 0) is 4.74 Å². The van der Waals surface area contributed by atoms with E-state index < -0.39 is 8.07 Å². The van der Waals surface area contributed by atoms with Crippen LogP contribution >= 0.6 is 0 Å². The van der Waals surface area contributed by atoms with Gasteiger partial charge in [0.2, 0.25) is 0 Å². The van der Waals surface area contributed by atoms with Crippen molar-refractivity contribution in [1.29, 1.82) is 0 Å². The molecule has 0 saturated carbocycles. The largest absolute Gasteiger partial charge is 0.467 e. The van der Waals surface area contributed by atoms with Crippen LogP contribution in [0.2, 0.25) is 25.7 Å². The SMILES string of the molecule is C[Si](C)(C)CCOCOc1ccccc1C1C=CC(O)CC1. The second-order valence-electron chi connectivity index (χ2n) is 7.16. The summed E-state index contributed by atoms with van der Waals surface area (Å²) < 4.78 is 11.5. The van der Waals surface area contributed by atoms with Gasteiger partial charge in [-0.15, -0.1) is 0 Å². The monoisotopic (exact) mass is 320 g/mol.